The number of primary amides is 1. The average molecular weight is 363 g/mol. The molecule has 1 aliphatic rings. The van der Waals surface area contributed by atoms with Crippen molar-refractivity contribution in [2.45, 2.75) is 37.6 Å². The first-order chi connectivity index (χ1) is 12.3. The summed E-state index contributed by atoms with van der Waals surface area (Å²) in [5.74, 6) is -0.575. The number of rotatable bonds is 2. The van der Waals surface area contributed by atoms with Gasteiger partial charge in [0.15, 0.2) is 12.6 Å². The summed E-state index contributed by atoms with van der Waals surface area (Å²) in [6, 6.07) is 10.7. The number of hydrogen-bond donors (Lipinski definition) is 5. The minimum Gasteiger partial charge on any atom is -0.388 e. The molecule has 1 saturated heterocycles. The second-order valence-corrected chi connectivity index (χ2v) is 5.94. The van der Waals surface area contributed by atoms with Crippen LogP contribution in [0.1, 0.15) is 27.6 Å². The van der Waals surface area contributed by atoms with E-state index in [0.717, 1.165) is 10.8 Å². The van der Waals surface area contributed by atoms with Gasteiger partial charge >= 0.3 is 0 Å². The molecule has 1 amide bonds. The number of amides is 1. The molecular formula is C18H21NO7. The van der Waals surface area contributed by atoms with Crippen LogP contribution in [-0.4, -0.2) is 63.3 Å². The summed E-state index contributed by atoms with van der Waals surface area (Å²) in [4.78, 5) is 22.0. The molecule has 0 bridgehead atoms. The fourth-order valence-electron chi connectivity index (χ4n) is 2.69. The van der Waals surface area contributed by atoms with Crippen LogP contribution in [0.5, 0.6) is 0 Å². The Morgan fingerprint density at radius 3 is 2.31 bits per heavy atom. The second-order valence-electron chi connectivity index (χ2n) is 5.94. The number of carbonyl (C=O) groups is 2. The largest absolute Gasteiger partial charge is 0.388 e. The van der Waals surface area contributed by atoms with Crippen molar-refractivity contribution in [3.63, 3.8) is 0 Å². The highest BCUT2D eigenvalue weighted by Crippen LogP contribution is 2.21. The lowest BCUT2D eigenvalue weighted by molar-refractivity contribution is -0.277. The van der Waals surface area contributed by atoms with E-state index >= 15 is 0 Å². The molecule has 8 heteroatoms. The predicted octanol–water partition coefficient (Wildman–Crippen LogP) is -0.443. The van der Waals surface area contributed by atoms with E-state index in [1.165, 1.54) is 6.92 Å². The van der Waals surface area contributed by atoms with Gasteiger partial charge < -0.3 is 30.9 Å². The van der Waals surface area contributed by atoms with Crippen molar-refractivity contribution in [2.24, 2.45) is 5.73 Å². The molecule has 8 nitrogen and oxygen atoms in total. The van der Waals surface area contributed by atoms with E-state index in [0.29, 0.717) is 17.4 Å². The molecule has 0 spiro atoms. The second kappa shape index (κ2) is 8.35. The zero-order valence-electron chi connectivity index (χ0n) is 14.0. The third-order valence-electron chi connectivity index (χ3n) is 4.16. The maximum atomic E-state index is 11.3. The van der Waals surface area contributed by atoms with Crippen molar-refractivity contribution in [3.05, 3.63) is 47.5 Å². The highest BCUT2D eigenvalue weighted by Gasteiger charge is 2.40. The minimum absolute atomic E-state index is 0.295. The van der Waals surface area contributed by atoms with Gasteiger partial charge in [0.1, 0.15) is 18.3 Å². The topological polar surface area (TPSA) is 150 Å². The quantitative estimate of drug-likeness (QED) is 0.454. The number of hydrogen-bond acceptors (Lipinski definition) is 7. The molecule has 0 aromatic heterocycles. The van der Waals surface area contributed by atoms with Crippen molar-refractivity contribution in [1.29, 1.82) is 0 Å². The lowest BCUT2D eigenvalue weighted by Crippen LogP contribution is -2.56. The third kappa shape index (κ3) is 4.06. The van der Waals surface area contributed by atoms with Gasteiger partial charge in [-0.3, -0.25) is 9.59 Å². The number of carbonyl (C=O) groups excluding carboxylic acids is 2. The Morgan fingerprint density at radius 1 is 1.04 bits per heavy atom. The van der Waals surface area contributed by atoms with E-state index in [1.54, 1.807) is 18.2 Å². The highest BCUT2D eigenvalue weighted by atomic mass is 16.6. The number of aliphatic hydroxyl groups is 4. The molecule has 3 rings (SSSR count). The average Bonchev–Trinajstić information content (AvgIpc) is 2.64. The number of fused-ring (bicyclic) bond motifs is 1. The van der Waals surface area contributed by atoms with Crippen LogP contribution < -0.4 is 5.73 Å². The predicted molar refractivity (Wildman–Crippen MR) is 92.4 cm³/mol. The summed E-state index contributed by atoms with van der Waals surface area (Å²) < 4.78 is 4.68. The van der Waals surface area contributed by atoms with E-state index in [4.69, 9.17) is 26.2 Å². The summed E-state index contributed by atoms with van der Waals surface area (Å²) in [5.41, 5.74) is 5.89. The van der Waals surface area contributed by atoms with Crippen molar-refractivity contribution < 1.29 is 34.8 Å². The van der Waals surface area contributed by atoms with Gasteiger partial charge in [-0.25, -0.2) is 0 Å². The van der Waals surface area contributed by atoms with Crippen LogP contribution in [-0.2, 0) is 4.74 Å². The Hall–Kier alpha value is -2.36. The Labute approximate surface area is 149 Å². The minimum atomic E-state index is -1.43. The molecule has 2 aromatic rings. The molecule has 1 heterocycles. The van der Waals surface area contributed by atoms with Gasteiger partial charge in [0.25, 0.3) is 0 Å². The van der Waals surface area contributed by atoms with Crippen LogP contribution in [0, 0.1) is 0 Å². The van der Waals surface area contributed by atoms with Gasteiger partial charge in [0, 0.05) is 5.56 Å². The zero-order chi connectivity index (χ0) is 19.4. The molecule has 5 atom stereocenters. The Kier molecular flexibility index (Phi) is 6.41. The summed E-state index contributed by atoms with van der Waals surface area (Å²) in [5, 5.41) is 37.6. The van der Waals surface area contributed by atoms with E-state index in [2.05, 4.69) is 4.74 Å². The lowest BCUT2D eigenvalue weighted by Gasteiger charge is -2.36. The standard InChI is InChI=1S/C12H9NO2.C6H12O5/c13-12(15)11-9(7-14)6-5-8-3-1-2-4-10(8)11;1-2-3(7)4(8)5(9)6(10)11-2/h1-7H,(H2,13,15);2-10H,1H3/t;2-,3-,4+,5-,6-/m.1/s1. The number of aldehydes is 1. The van der Waals surface area contributed by atoms with Gasteiger partial charge in [-0.2, -0.15) is 0 Å². The van der Waals surface area contributed by atoms with Gasteiger partial charge in [0.05, 0.1) is 11.7 Å². The molecular weight excluding hydrogens is 342 g/mol. The molecule has 0 saturated carbocycles. The zero-order valence-corrected chi connectivity index (χ0v) is 14.0. The van der Waals surface area contributed by atoms with Crippen LogP contribution in [0.25, 0.3) is 10.8 Å². The Bertz CT molecular complexity index is 780. The molecule has 6 N–H and O–H groups in total. The van der Waals surface area contributed by atoms with Crippen LogP contribution >= 0.6 is 0 Å². The molecule has 1 fully saturated rings. The van der Waals surface area contributed by atoms with E-state index in [-0.39, 0.29) is 0 Å². The Morgan fingerprint density at radius 2 is 1.69 bits per heavy atom. The van der Waals surface area contributed by atoms with E-state index in [9.17, 15) is 9.59 Å². The Balaban J connectivity index is 0.000000197. The van der Waals surface area contributed by atoms with Gasteiger partial charge in [0.2, 0.25) is 5.91 Å². The number of nitrogens with two attached hydrogens (primary N) is 1. The molecule has 2 aromatic carbocycles. The van der Waals surface area contributed by atoms with Crippen molar-refractivity contribution in [2.75, 3.05) is 0 Å². The first-order valence-electron chi connectivity index (χ1n) is 7.92. The van der Waals surface area contributed by atoms with Crippen LogP contribution in [0.15, 0.2) is 36.4 Å². The smallest absolute Gasteiger partial charge is 0.250 e. The maximum Gasteiger partial charge on any atom is 0.250 e. The van der Waals surface area contributed by atoms with E-state index in [1.807, 2.05) is 18.2 Å². The fraction of sp³-hybridized carbons (Fsp3) is 0.333. The number of ether oxygens (including phenoxy) is 1. The van der Waals surface area contributed by atoms with Gasteiger partial charge in [-0.15, -0.1) is 0 Å². The first-order valence-corrected chi connectivity index (χ1v) is 7.92. The molecule has 0 unspecified atom stereocenters. The van der Waals surface area contributed by atoms with Gasteiger partial charge in [-0.1, -0.05) is 36.4 Å². The van der Waals surface area contributed by atoms with E-state index < -0.39 is 36.6 Å². The first kappa shape index (κ1) is 20.0. The number of benzene rings is 2. The van der Waals surface area contributed by atoms with Crippen LogP contribution in [0.2, 0.25) is 0 Å². The third-order valence-corrected chi connectivity index (χ3v) is 4.16. The van der Waals surface area contributed by atoms with Crippen LogP contribution in [0.4, 0.5) is 0 Å². The molecule has 140 valence electrons. The van der Waals surface area contributed by atoms with Crippen molar-refractivity contribution >= 4 is 23.0 Å². The molecule has 1 aliphatic heterocycles. The molecule has 0 radical (unpaired) electrons. The van der Waals surface area contributed by atoms with Crippen molar-refractivity contribution in [1.82, 2.24) is 0 Å². The van der Waals surface area contributed by atoms with Crippen LogP contribution in [0.3, 0.4) is 0 Å². The summed E-state index contributed by atoms with van der Waals surface area (Å²) >= 11 is 0. The SMILES string of the molecule is C[C@H]1O[C@@H](O)[C@H](O)[C@@H](O)[C@@H]1O.NC(=O)c1c(C=O)ccc2ccccc12. The summed E-state index contributed by atoms with van der Waals surface area (Å²) in [7, 11) is 0. The fourth-order valence-corrected chi connectivity index (χ4v) is 2.69. The lowest BCUT2D eigenvalue weighted by atomic mass is 9.99. The summed E-state index contributed by atoms with van der Waals surface area (Å²) in [6.07, 6.45) is -5.35. The molecule has 0 aliphatic carbocycles. The maximum absolute atomic E-state index is 11.3. The van der Waals surface area contributed by atoms with Crippen molar-refractivity contribution in [3.8, 4) is 0 Å². The number of aliphatic hydroxyl groups excluding tert-OH is 4. The monoisotopic (exact) mass is 363 g/mol. The van der Waals surface area contributed by atoms with Gasteiger partial charge in [-0.05, 0) is 17.7 Å². The highest BCUT2D eigenvalue weighted by molar-refractivity contribution is 6.11. The summed E-state index contributed by atoms with van der Waals surface area (Å²) in [6.45, 7) is 1.50. The molecule has 26 heavy (non-hydrogen) atoms. The normalized spacial score (nSPS) is 28.1.